The summed E-state index contributed by atoms with van der Waals surface area (Å²) in [6, 6.07) is 8.09. The smallest absolute Gasteiger partial charge is 0.318 e. The topological polar surface area (TPSA) is 47.6 Å². The Balaban J connectivity index is 2.32. The summed E-state index contributed by atoms with van der Waals surface area (Å²) in [5.41, 5.74) is 1.68. The number of carbonyl (C=O) groups is 1. The fourth-order valence-corrected chi connectivity index (χ4v) is 2.45. The zero-order chi connectivity index (χ0) is 13.2. The molecule has 1 N–H and O–H groups in total. The van der Waals surface area contributed by atoms with Gasteiger partial charge >= 0.3 is 5.97 Å². The molecular formula is C14H19NO3. The number of hydrogen-bond acceptors (Lipinski definition) is 4. The third-order valence-electron chi connectivity index (χ3n) is 3.56. The molecule has 1 saturated heterocycles. The maximum absolute atomic E-state index is 12.0. The summed E-state index contributed by atoms with van der Waals surface area (Å²) in [7, 11) is 3.28. The summed E-state index contributed by atoms with van der Waals surface area (Å²) in [5, 5.41) is 3.21. The number of hydrogen-bond donors (Lipinski definition) is 1. The first-order valence-electron chi connectivity index (χ1n) is 6.04. The van der Waals surface area contributed by atoms with Gasteiger partial charge in [0.2, 0.25) is 0 Å². The second kappa shape index (κ2) is 5.08. The van der Waals surface area contributed by atoms with Crippen molar-refractivity contribution in [1.29, 1.82) is 0 Å². The summed E-state index contributed by atoms with van der Waals surface area (Å²) in [6.07, 6.45) is 0. The van der Waals surface area contributed by atoms with E-state index in [4.69, 9.17) is 9.47 Å². The molecule has 0 aliphatic carbocycles. The number of nitrogens with one attached hydrogen (secondary N) is 1. The van der Waals surface area contributed by atoms with Crippen molar-refractivity contribution in [1.82, 2.24) is 5.32 Å². The maximum Gasteiger partial charge on any atom is 0.318 e. The highest BCUT2D eigenvalue weighted by Gasteiger charge is 2.53. The number of benzene rings is 1. The van der Waals surface area contributed by atoms with E-state index in [1.165, 1.54) is 12.7 Å². The maximum atomic E-state index is 12.0. The number of aryl methyl sites for hydroxylation is 1. The quantitative estimate of drug-likeness (QED) is 0.820. The first-order chi connectivity index (χ1) is 8.64. The minimum Gasteiger partial charge on any atom is -0.468 e. The van der Waals surface area contributed by atoms with Gasteiger partial charge in [0.05, 0.1) is 26.4 Å². The van der Waals surface area contributed by atoms with E-state index < -0.39 is 5.41 Å². The molecule has 4 heteroatoms. The molecule has 1 aliphatic heterocycles. The van der Waals surface area contributed by atoms with Crippen LogP contribution in [0.3, 0.4) is 0 Å². The standard InChI is InChI=1S/C14H19NO3/c1-10-4-6-11(7-5-10)12(15-2)14(8-18-9-14)13(16)17-3/h4-7,12,15H,8-9H2,1-3H3. The highest BCUT2D eigenvalue weighted by molar-refractivity contribution is 5.79. The molecule has 0 radical (unpaired) electrons. The molecule has 0 saturated carbocycles. The lowest BCUT2D eigenvalue weighted by atomic mass is 9.75. The Bertz CT molecular complexity index is 423. The van der Waals surface area contributed by atoms with Gasteiger partial charge in [0.15, 0.2) is 0 Å². The van der Waals surface area contributed by atoms with Crippen molar-refractivity contribution in [2.24, 2.45) is 5.41 Å². The van der Waals surface area contributed by atoms with Gasteiger partial charge in [-0.2, -0.15) is 0 Å². The number of methoxy groups -OCH3 is 1. The number of ether oxygens (including phenoxy) is 2. The van der Waals surface area contributed by atoms with Crippen LogP contribution in [0.15, 0.2) is 24.3 Å². The fourth-order valence-electron chi connectivity index (χ4n) is 2.45. The predicted molar refractivity (Wildman–Crippen MR) is 68.2 cm³/mol. The molecule has 0 bridgehead atoms. The molecule has 1 atom stereocenters. The van der Waals surface area contributed by atoms with Crippen LogP contribution in [-0.2, 0) is 14.3 Å². The first kappa shape index (κ1) is 13.1. The third kappa shape index (κ3) is 2.02. The van der Waals surface area contributed by atoms with Gasteiger partial charge in [-0.15, -0.1) is 0 Å². The zero-order valence-corrected chi connectivity index (χ0v) is 11.0. The van der Waals surface area contributed by atoms with E-state index in [1.54, 1.807) is 0 Å². The van der Waals surface area contributed by atoms with E-state index in [2.05, 4.69) is 5.32 Å². The predicted octanol–water partition coefficient (Wildman–Crippen LogP) is 1.45. The molecular weight excluding hydrogens is 230 g/mol. The van der Waals surface area contributed by atoms with E-state index >= 15 is 0 Å². The highest BCUT2D eigenvalue weighted by Crippen LogP contribution is 2.41. The summed E-state index contributed by atoms with van der Waals surface area (Å²) in [4.78, 5) is 12.0. The van der Waals surface area contributed by atoms with Crippen LogP contribution in [0.25, 0.3) is 0 Å². The van der Waals surface area contributed by atoms with Gasteiger partial charge in [-0.05, 0) is 19.5 Å². The number of esters is 1. The summed E-state index contributed by atoms with van der Waals surface area (Å²) >= 11 is 0. The van der Waals surface area contributed by atoms with Gasteiger partial charge in [0, 0.05) is 0 Å². The molecule has 0 aromatic heterocycles. The minimum absolute atomic E-state index is 0.0840. The molecule has 1 fully saturated rings. The van der Waals surface area contributed by atoms with Gasteiger partial charge in [0.25, 0.3) is 0 Å². The second-order valence-corrected chi connectivity index (χ2v) is 4.77. The monoisotopic (exact) mass is 249 g/mol. The van der Waals surface area contributed by atoms with Gasteiger partial charge < -0.3 is 14.8 Å². The second-order valence-electron chi connectivity index (χ2n) is 4.77. The van der Waals surface area contributed by atoms with Gasteiger partial charge in [-0.25, -0.2) is 0 Å². The Labute approximate surface area is 107 Å². The molecule has 1 heterocycles. The Hall–Kier alpha value is -1.39. The Kier molecular flexibility index (Phi) is 3.68. The third-order valence-corrected chi connectivity index (χ3v) is 3.56. The molecule has 0 spiro atoms. The fraction of sp³-hybridized carbons (Fsp3) is 0.500. The van der Waals surface area contributed by atoms with Crippen molar-refractivity contribution in [3.63, 3.8) is 0 Å². The molecule has 2 rings (SSSR count). The van der Waals surface area contributed by atoms with Crippen molar-refractivity contribution in [2.75, 3.05) is 27.4 Å². The van der Waals surface area contributed by atoms with Gasteiger partial charge in [0.1, 0.15) is 5.41 Å². The largest absolute Gasteiger partial charge is 0.468 e. The van der Waals surface area contributed by atoms with Crippen LogP contribution < -0.4 is 5.32 Å². The lowest BCUT2D eigenvalue weighted by Crippen LogP contribution is -2.56. The van der Waals surface area contributed by atoms with E-state index in [1.807, 2.05) is 38.2 Å². The number of rotatable bonds is 4. The molecule has 1 unspecified atom stereocenters. The molecule has 1 aliphatic rings. The lowest BCUT2D eigenvalue weighted by molar-refractivity contribution is -0.190. The normalized spacial score (nSPS) is 18.8. The van der Waals surface area contributed by atoms with Crippen molar-refractivity contribution in [3.8, 4) is 0 Å². The highest BCUT2D eigenvalue weighted by atomic mass is 16.5. The van der Waals surface area contributed by atoms with E-state index in [9.17, 15) is 4.79 Å². The van der Waals surface area contributed by atoms with Crippen molar-refractivity contribution < 1.29 is 14.3 Å². The van der Waals surface area contributed by atoms with Crippen LogP contribution in [0.1, 0.15) is 17.2 Å². The average Bonchev–Trinajstić information content (AvgIpc) is 2.34. The molecule has 0 amide bonds. The average molecular weight is 249 g/mol. The Morgan fingerprint density at radius 2 is 2.00 bits per heavy atom. The van der Waals surface area contributed by atoms with Gasteiger partial charge in [-0.3, -0.25) is 4.79 Å². The Morgan fingerprint density at radius 3 is 2.39 bits per heavy atom. The van der Waals surface area contributed by atoms with Gasteiger partial charge in [-0.1, -0.05) is 29.8 Å². The molecule has 18 heavy (non-hydrogen) atoms. The van der Waals surface area contributed by atoms with Crippen molar-refractivity contribution in [3.05, 3.63) is 35.4 Å². The van der Waals surface area contributed by atoms with Crippen LogP contribution in [-0.4, -0.2) is 33.3 Å². The number of carbonyl (C=O) groups excluding carboxylic acids is 1. The van der Waals surface area contributed by atoms with Crippen molar-refractivity contribution in [2.45, 2.75) is 13.0 Å². The van der Waals surface area contributed by atoms with E-state index in [0.29, 0.717) is 13.2 Å². The van der Waals surface area contributed by atoms with Crippen LogP contribution in [0.5, 0.6) is 0 Å². The molecule has 1 aromatic carbocycles. The summed E-state index contributed by atoms with van der Waals surface area (Å²) < 4.78 is 10.2. The Morgan fingerprint density at radius 1 is 1.39 bits per heavy atom. The lowest BCUT2D eigenvalue weighted by Gasteiger charge is -2.44. The molecule has 98 valence electrons. The van der Waals surface area contributed by atoms with Crippen LogP contribution in [0, 0.1) is 12.3 Å². The zero-order valence-electron chi connectivity index (χ0n) is 11.0. The first-order valence-corrected chi connectivity index (χ1v) is 6.04. The van der Waals surface area contributed by atoms with Crippen molar-refractivity contribution >= 4 is 5.97 Å². The molecule has 1 aromatic rings. The SMILES string of the molecule is CNC(c1ccc(C)cc1)C1(C(=O)OC)COC1. The van der Waals surface area contributed by atoms with Crippen LogP contribution >= 0.6 is 0 Å². The van der Waals surface area contributed by atoms with E-state index in [-0.39, 0.29) is 12.0 Å². The van der Waals surface area contributed by atoms with E-state index in [0.717, 1.165) is 5.56 Å². The molecule has 4 nitrogen and oxygen atoms in total. The minimum atomic E-state index is -0.598. The van der Waals surface area contributed by atoms with Crippen LogP contribution in [0.2, 0.25) is 0 Å². The summed E-state index contributed by atoms with van der Waals surface area (Å²) in [6.45, 7) is 2.85. The van der Waals surface area contributed by atoms with Crippen LogP contribution in [0.4, 0.5) is 0 Å². The summed E-state index contributed by atoms with van der Waals surface area (Å²) in [5.74, 6) is -0.214.